The van der Waals surface area contributed by atoms with E-state index in [4.69, 9.17) is 23.3 Å². The number of hydrogen-bond donors (Lipinski definition) is 2. The summed E-state index contributed by atoms with van der Waals surface area (Å²) in [5, 5.41) is 12.7. The number of nitrogens with one attached hydrogen (secondary N) is 2. The number of esters is 2. The van der Waals surface area contributed by atoms with Crippen LogP contribution in [0.5, 0.6) is 5.75 Å². The zero-order valence-electron chi connectivity index (χ0n) is 23.3. The van der Waals surface area contributed by atoms with Crippen LogP contribution >= 0.6 is 7.75 Å². The summed E-state index contributed by atoms with van der Waals surface area (Å²) in [7, 11) is -4.34. The minimum atomic E-state index is -4.34. The Morgan fingerprint density at radius 3 is 2.49 bits per heavy atom. The van der Waals surface area contributed by atoms with E-state index in [0.29, 0.717) is 0 Å². The molecule has 1 aliphatic rings. The predicted molar refractivity (Wildman–Crippen MR) is 144 cm³/mol. The quantitative estimate of drug-likeness (QED) is 0.271. The number of aromatic nitrogens is 2. The van der Waals surface area contributed by atoms with Gasteiger partial charge < -0.3 is 18.7 Å². The number of hydrogen-bond acceptors (Lipinski definition) is 11. The van der Waals surface area contributed by atoms with Crippen molar-refractivity contribution < 1.29 is 37.4 Å². The van der Waals surface area contributed by atoms with Crippen molar-refractivity contribution in [3.8, 4) is 11.8 Å². The maximum absolute atomic E-state index is 13.9. The zero-order chi connectivity index (χ0) is 30.4. The molecular weight excluding hydrogens is 559 g/mol. The van der Waals surface area contributed by atoms with E-state index in [-0.39, 0.29) is 12.2 Å². The van der Waals surface area contributed by atoms with Crippen LogP contribution in [0.1, 0.15) is 47.3 Å². The molecule has 1 aromatic carbocycles. The van der Waals surface area contributed by atoms with Gasteiger partial charge in [-0.1, -0.05) is 25.1 Å². The van der Waals surface area contributed by atoms with E-state index in [1.54, 1.807) is 39.0 Å². The van der Waals surface area contributed by atoms with Crippen molar-refractivity contribution in [2.45, 2.75) is 71.6 Å². The maximum Gasteiger partial charge on any atom is 0.459 e. The summed E-state index contributed by atoms with van der Waals surface area (Å²) in [6, 6.07) is 10.1. The van der Waals surface area contributed by atoms with Crippen molar-refractivity contribution in [2.24, 2.45) is 5.41 Å². The molecule has 15 heteroatoms. The van der Waals surface area contributed by atoms with Crippen LogP contribution in [0.4, 0.5) is 0 Å². The van der Waals surface area contributed by atoms with Crippen molar-refractivity contribution >= 4 is 19.7 Å². The molecule has 1 aliphatic heterocycles. The van der Waals surface area contributed by atoms with Gasteiger partial charge in [0, 0.05) is 18.7 Å². The molecule has 0 aliphatic carbocycles. The Morgan fingerprint density at radius 2 is 1.90 bits per heavy atom. The van der Waals surface area contributed by atoms with Gasteiger partial charge in [-0.05, 0) is 39.8 Å². The van der Waals surface area contributed by atoms with E-state index >= 15 is 0 Å². The van der Waals surface area contributed by atoms with Crippen molar-refractivity contribution in [1.82, 2.24) is 14.6 Å². The molecule has 0 radical (unpaired) electrons. The molecule has 2 aromatic rings. The molecule has 1 aromatic heterocycles. The molecule has 2 N–H and O–H groups in total. The number of carbonyl (C=O) groups is 2. The minimum absolute atomic E-state index is 0.0263. The summed E-state index contributed by atoms with van der Waals surface area (Å²) < 4.78 is 43.0. The van der Waals surface area contributed by atoms with Gasteiger partial charge in [-0.15, -0.1) is 0 Å². The van der Waals surface area contributed by atoms with Gasteiger partial charge in [0.1, 0.15) is 23.3 Å². The number of nitriles is 1. The van der Waals surface area contributed by atoms with Crippen LogP contribution in [0.15, 0.2) is 52.2 Å². The molecule has 6 unspecified atom stereocenters. The highest BCUT2D eigenvalue weighted by Crippen LogP contribution is 2.49. The summed E-state index contributed by atoms with van der Waals surface area (Å²) in [6.45, 7) is 7.15. The topological polar surface area (TPSA) is 188 Å². The van der Waals surface area contributed by atoms with E-state index < -0.39 is 73.5 Å². The number of H-pyrrole nitrogens is 1. The number of para-hydroxylation sites is 1. The Hall–Kier alpha value is -3.76. The Balaban J connectivity index is 1.95. The molecule has 3 rings (SSSR count). The van der Waals surface area contributed by atoms with Gasteiger partial charge in [0.05, 0.1) is 18.8 Å². The zero-order valence-corrected chi connectivity index (χ0v) is 24.2. The third-order valence-electron chi connectivity index (χ3n) is 6.07. The summed E-state index contributed by atoms with van der Waals surface area (Å²) >= 11 is 0. The Kier molecular flexibility index (Phi) is 10.3. The molecular formula is C26H33N4O10P. The van der Waals surface area contributed by atoms with Crippen LogP contribution in [-0.2, 0) is 32.9 Å². The fourth-order valence-corrected chi connectivity index (χ4v) is 5.55. The fraction of sp³-hybridized carbons (Fsp3) is 0.500. The lowest BCUT2D eigenvalue weighted by Gasteiger charge is -2.29. The molecule has 2 heterocycles. The molecule has 14 nitrogen and oxygen atoms in total. The second kappa shape index (κ2) is 13.3. The molecule has 0 amide bonds. The third-order valence-corrected chi connectivity index (χ3v) is 7.72. The first kappa shape index (κ1) is 31.8. The SMILES string of the molecule is CCC(=O)OC1C(COP(=O)(NC(C)C(=O)OC(C)C)Oc2ccccc2)OC(n2ccc(=O)[nH]c2=O)C1(C)C#N. The number of carbonyl (C=O) groups excluding carboxylic acids is 2. The highest BCUT2D eigenvalue weighted by Gasteiger charge is 2.58. The molecule has 0 bridgehead atoms. The van der Waals surface area contributed by atoms with E-state index in [0.717, 1.165) is 16.8 Å². The van der Waals surface area contributed by atoms with Gasteiger partial charge in [-0.25, -0.2) is 9.36 Å². The summed E-state index contributed by atoms with van der Waals surface area (Å²) in [5.41, 5.74) is -3.16. The maximum atomic E-state index is 13.9. The van der Waals surface area contributed by atoms with Crippen molar-refractivity contribution in [3.05, 3.63) is 63.4 Å². The van der Waals surface area contributed by atoms with Crippen LogP contribution in [0.2, 0.25) is 0 Å². The number of ether oxygens (including phenoxy) is 3. The lowest BCUT2D eigenvalue weighted by Crippen LogP contribution is -2.43. The summed E-state index contributed by atoms with van der Waals surface area (Å²) in [6.07, 6.45) is -3.16. The van der Waals surface area contributed by atoms with Crippen LogP contribution in [0, 0.1) is 16.7 Å². The van der Waals surface area contributed by atoms with Gasteiger partial charge in [0.25, 0.3) is 5.56 Å². The monoisotopic (exact) mass is 592 g/mol. The van der Waals surface area contributed by atoms with Gasteiger partial charge in [0.2, 0.25) is 0 Å². The van der Waals surface area contributed by atoms with Crippen molar-refractivity contribution in [3.63, 3.8) is 0 Å². The highest BCUT2D eigenvalue weighted by molar-refractivity contribution is 7.52. The van der Waals surface area contributed by atoms with E-state index in [9.17, 15) is 29.0 Å². The molecule has 222 valence electrons. The molecule has 0 saturated carbocycles. The number of nitrogens with zero attached hydrogens (tertiary/aromatic N) is 2. The van der Waals surface area contributed by atoms with Crippen LogP contribution in [0.3, 0.4) is 0 Å². The fourth-order valence-electron chi connectivity index (χ4n) is 4.05. The minimum Gasteiger partial charge on any atom is -0.462 e. The first-order valence-electron chi connectivity index (χ1n) is 12.9. The second-order valence-electron chi connectivity index (χ2n) is 9.74. The average Bonchev–Trinajstić information content (AvgIpc) is 3.19. The first-order chi connectivity index (χ1) is 19.3. The first-order valence-corrected chi connectivity index (χ1v) is 14.4. The van der Waals surface area contributed by atoms with E-state index in [2.05, 4.69) is 16.1 Å². The molecule has 6 atom stereocenters. The standard InChI is InChI=1S/C26H33N4O10P/c1-6-21(32)39-22-19(38-24(26(22,5)15-27)30-13-12-20(31)28-25(30)34)14-36-41(35,40-18-10-8-7-9-11-18)29-17(4)23(33)37-16(2)3/h7-13,16-17,19,22,24H,6,14H2,1-5H3,(H,29,35)(H,28,31,34). The normalized spacial score (nSPS) is 24.2. The van der Waals surface area contributed by atoms with Crippen LogP contribution in [0.25, 0.3) is 0 Å². The smallest absolute Gasteiger partial charge is 0.459 e. The molecule has 41 heavy (non-hydrogen) atoms. The number of aromatic amines is 1. The highest BCUT2D eigenvalue weighted by atomic mass is 31.2. The van der Waals surface area contributed by atoms with Gasteiger partial charge in [0.15, 0.2) is 12.3 Å². The Morgan fingerprint density at radius 1 is 1.22 bits per heavy atom. The van der Waals surface area contributed by atoms with Crippen molar-refractivity contribution in [1.29, 1.82) is 5.26 Å². The van der Waals surface area contributed by atoms with Crippen LogP contribution < -0.4 is 20.9 Å². The second-order valence-corrected chi connectivity index (χ2v) is 11.4. The van der Waals surface area contributed by atoms with Crippen LogP contribution in [-0.4, -0.2) is 52.5 Å². The summed E-state index contributed by atoms with van der Waals surface area (Å²) in [5.74, 6) is -1.21. The van der Waals surface area contributed by atoms with E-state index in [1.807, 2.05) is 0 Å². The molecule has 1 saturated heterocycles. The lowest BCUT2D eigenvalue weighted by atomic mass is 9.83. The summed E-state index contributed by atoms with van der Waals surface area (Å²) in [4.78, 5) is 51.0. The molecule has 1 fully saturated rings. The Bertz CT molecular complexity index is 1440. The van der Waals surface area contributed by atoms with E-state index in [1.165, 1.54) is 26.0 Å². The van der Waals surface area contributed by atoms with Gasteiger partial charge in [-0.3, -0.25) is 28.5 Å². The number of rotatable bonds is 12. The average molecular weight is 593 g/mol. The van der Waals surface area contributed by atoms with Crippen molar-refractivity contribution in [2.75, 3.05) is 6.61 Å². The van der Waals surface area contributed by atoms with Gasteiger partial charge in [-0.2, -0.15) is 10.3 Å². The third kappa shape index (κ3) is 7.71. The largest absolute Gasteiger partial charge is 0.462 e. The Labute approximate surface area is 236 Å². The lowest BCUT2D eigenvalue weighted by molar-refractivity contribution is -0.155. The van der Waals surface area contributed by atoms with Gasteiger partial charge >= 0.3 is 25.4 Å². The number of benzene rings is 1. The predicted octanol–water partition coefficient (Wildman–Crippen LogP) is 2.42. The molecule has 0 spiro atoms.